The molecule has 0 fully saturated rings. The Morgan fingerprint density at radius 2 is 1.59 bits per heavy atom. The molecule has 2 heterocycles. The number of rotatable bonds is 12. The number of hydrogen-bond donors (Lipinski definition) is 2. The Labute approximate surface area is 212 Å². The fourth-order valence-electron chi connectivity index (χ4n) is 3.24. The van der Waals surface area contributed by atoms with Gasteiger partial charge in [0.15, 0.2) is 17.0 Å². The SMILES string of the molecule is Nc1nc(N)c2nc(/C=C/c3ccc(COCCOCCOc4ccc([N+](=O)[O-])cc4)cc3)cnc2n1. The van der Waals surface area contributed by atoms with Crippen molar-refractivity contribution in [2.75, 3.05) is 37.9 Å². The van der Waals surface area contributed by atoms with E-state index in [-0.39, 0.29) is 17.5 Å². The van der Waals surface area contributed by atoms with E-state index in [1.807, 2.05) is 36.4 Å². The monoisotopic (exact) mass is 503 g/mol. The highest BCUT2D eigenvalue weighted by molar-refractivity contribution is 5.83. The number of nitro benzene ring substituents is 1. The molecule has 0 atom stereocenters. The van der Waals surface area contributed by atoms with Crippen molar-refractivity contribution in [3.05, 3.63) is 81.7 Å². The van der Waals surface area contributed by atoms with Crippen molar-refractivity contribution >= 4 is 40.8 Å². The summed E-state index contributed by atoms with van der Waals surface area (Å²) in [4.78, 5) is 26.8. The lowest BCUT2D eigenvalue weighted by Crippen LogP contribution is -2.10. The second-order valence-corrected chi connectivity index (χ2v) is 7.77. The predicted molar refractivity (Wildman–Crippen MR) is 138 cm³/mol. The first-order valence-corrected chi connectivity index (χ1v) is 11.3. The molecule has 0 unspecified atom stereocenters. The van der Waals surface area contributed by atoms with Gasteiger partial charge < -0.3 is 25.7 Å². The van der Waals surface area contributed by atoms with Crippen LogP contribution in [0.5, 0.6) is 5.75 Å². The number of ether oxygens (including phenoxy) is 3. The van der Waals surface area contributed by atoms with Crippen LogP contribution in [0.15, 0.2) is 54.7 Å². The van der Waals surface area contributed by atoms with Crippen molar-refractivity contribution in [1.29, 1.82) is 0 Å². The second-order valence-electron chi connectivity index (χ2n) is 7.77. The van der Waals surface area contributed by atoms with Crippen LogP contribution in [0.3, 0.4) is 0 Å². The third kappa shape index (κ3) is 7.40. The van der Waals surface area contributed by atoms with Crippen LogP contribution in [-0.4, -0.2) is 51.3 Å². The highest BCUT2D eigenvalue weighted by Crippen LogP contribution is 2.18. The molecule has 37 heavy (non-hydrogen) atoms. The fraction of sp³-hybridized carbons (Fsp3) is 0.200. The Kier molecular flexibility index (Phi) is 8.47. The molecule has 12 heteroatoms. The normalized spacial score (nSPS) is 11.2. The molecule has 0 amide bonds. The van der Waals surface area contributed by atoms with Gasteiger partial charge in [0.1, 0.15) is 12.4 Å². The number of fused-ring (bicyclic) bond motifs is 1. The largest absolute Gasteiger partial charge is 0.491 e. The zero-order valence-electron chi connectivity index (χ0n) is 19.8. The van der Waals surface area contributed by atoms with Crippen molar-refractivity contribution in [2.24, 2.45) is 0 Å². The van der Waals surface area contributed by atoms with Crippen molar-refractivity contribution < 1.29 is 19.1 Å². The maximum absolute atomic E-state index is 10.6. The van der Waals surface area contributed by atoms with Gasteiger partial charge in [0, 0.05) is 12.1 Å². The van der Waals surface area contributed by atoms with E-state index in [1.165, 1.54) is 12.1 Å². The zero-order valence-corrected chi connectivity index (χ0v) is 19.8. The number of anilines is 2. The molecule has 190 valence electrons. The first-order valence-electron chi connectivity index (χ1n) is 11.3. The molecule has 4 rings (SSSR count). The molecule has 0 saturated carbocycles. The fourth-order valence-corrected chi connectivity index (χ4v) is 3.24. The smallest absolute Gasteiger partial charge is 0.269 e. The quantitative estimate of drug-likeness (QED) is 0.165. The van der Waals surface area contributed by atoms with Gasteiger partial charge in [-0.2, -0.15) is 9.97 Å². The Bertz CT molecular complexity index is 1380. The number of nitro groups is 1. The van der Waals surface area contributed by atoms with Gasteiger partial charge in [-0.1, -0.05) is 30.3 Å². The van der Waals surface area contributed by atoms with E-state index in [9.17, 15) is 10.1 Å². The lowest BCUT2D eigenvalue weighted by molar-refractivity contribution is -0.384. The van der Waals surface area contributed by atoms with E-state index in [4.69, 9.17) is 25.7 Å². The van der Waals surface area contributed by atoms with Crippen molar-refractivity contribution in [1.82, 2.24) is 19.9 Å². The summed E-state index contributed by atoms with van der Waals surface area (Å²) in [6.45, 7) is 2.06. The molecular formula is C25H25N7O5. The van der Waals surface area contributed by atoms with Crippen molar-refractivity contribution in [3.63, 3.8) is 0 Å². The molecule has 0 aliphatic heterocycles. The average Bonchev–Trinajstić information content (AvgIpc) is 2.90. The molecule has 0 bridgehead atoms. The summed E-state index contributed by atoms with van der Waals surface area (Å²) in [5, 5.41) is 10.6. The van der Waals surface area contributed by atoms with E-state index in [1.54, 1.807) is 18.3 Å². The molecule has 0 spiro atoms. The number of nitrogen functional groups attached to an aromatic ring is 2. The Morgan fingerprint density at radius 1 is 0.865 bits per heavy atom. The summed E-state index contributed by atoms with van der Waals surface area (Å²) in [7, 11) is 0. The van der Waals surface area contributed by atoms with Crippen molar-refractivity contribution in [3.8, 4) is 5.75 Å². The number of non-ortho nitro benzene ring substituents is 1. The minimum atomic E-state index is -0.452. The number of nitrogens with zero attached hydrogens (tertiary/aromatic N) is 5. The number of hydrogen-bond acceptors (Lipinski definition) is 11. The maximum Gasteiger partial charge on any atom is 0.269 e. The number of benzene rings is 2. The third-order valence-corrected chi connectivity index (χ3v) is 5.08. The standard InChI is InChI=1S/C25H25N7O5/c26-23-22-24(31-25(27)30-23)28-15-19(29-22)6-5-17-1-3-18(4-2-17)16-36-12-11-35-13-14-37-21-9-7-20(8-10-21)32(33)34/h1-10,15H,11-14,16H2,(H4,26,27,28,30,31)/b6-5+. The molecule has 4 N–H and O–H groups in total. The van der Waals surface area contributed by atoms with Gasteiger partial charge >= 0.3 is 0 Å². The minimum Gasteiger partial charge on any atom is -0.491 e. The molecule has 0 aliphatic rings. The highest BCUT2D eigenvalue weighted by atomic mass is 16.6. The van der Waals surface area contributed by atoms with Gasteiger partial charge in [0.05, 0.1) is 43.2 Å². The van der Waals surface area contributed by atoms with Crippen LogP contribution in [0.1, 0.15) is 16.8 Å². The van der Waals surface area contributed by atoms with Crippen LogP contribution in [0.25, 0.3) is 23.3 Å². The van der Waals surface area contributed by atoms with Crippen LogP contribution < -0.4 is 16.2 Å². The first-order chi connectivity index (χ1) is 18.0. The Hall–Kier alpha value is -4.68. The summed E-state index contributed by atoms with van der Waals surface area (Å²) in [6.07, 6.45) is 5.34. The highest BCUT2D eigenvalue weighted by Gasteiger charge is 2.07. The van der Waals surface area contributed by atoms with Gasteiger partial charge in [0.2, 0.25) is 5.95 Å². The zero-order chi connectivity index (χ0) is 26.0. The van der Waals surface area contributed by atoms with E-state index < -0.39 is 4.92 Å². The Morgan fingerprint density at radius 3 is 2.35 bits per heavy atom. The summed E-state index contributed by atoms with van der Waals surface area (Å²) >= 11 is 0. The molecule has 0 aliphatic carbocycles. The van der Waals surface area contributed by atoms with Crippen LogP contribution in [0, 0.1) is 10.1 Å². The maximum atomic E-state index is 10.6. The predicted octanol–water partition coefficient (Wildman–Crippen LogP) is 3.28. The van der Waals surface area contributed by atoms with Gasteiger partial charge in [-0.05, 0) is 29.3 Å². The molecule has 2 aromatic carbocycles. The van der Waals surface area contributed by atoms with Gasteiger partial charge in [-0.3, -0.25) is 10.1 Å². The summed E-state index contributed by atoms with van der Waals surface area (Å²) in [6, 6.07) is 13.8. The third-order valence-electron chi connectivity index (χ3n) is 5.08. The molecule has 2 aromatic heterocycles. The molecular weight excluding hydrogens is 478 g/mol. The van der Waals surface area contributed by atoms with E-state index >= 15 is 0 Å². The van der Waals surface area contributed by atoms with E-state index in [0.29, 0.717) is 55.6 Å². The molecule has 0 radical (unpaired) electrons. The van der Waals surface area contributed by atoms with E-state index in [2.05, 4.69) is 19.9 Å². The first kappa shape index (κ1) is 25.4. The topological polar surface area (TPSA) is 174 Å². The van der Waals surface area contributed by atoms with Crippen molar-refractivity contribution in [2.45, 2.75) is 6.61 Å². The minimum absolute atomic E-state index is 0.0243. The summed E-state index contributed by atoms with van der Waals surface area (Å²) < 4.78 is 16.6. The summed E-state index contributed by atoms with van der Waals surface area (Å²) in [5.74, 6) is 0.806. The van der Waals surface area contributed by atoms with Crippen LogP contribution in [0.2, 0.25) is 0 Å². The lowest BCUT2D eigenvalue weighted by Gasteiger charge is -2.08. The Balaban J connectivity index is 1.14. The van der Waals surface area contributed by atoms with Gasteiger partial charge in [-0.25, -0.2) is 9.97 Å². The van der Waals surface area contributed by atoms with Crippen LogP contribution in [0.4, 0.5) is 17.5 Å². The summed E-state index contributed by atoms with van der Waals surface area (Å²) in [5.41, 5.74) is 14.9. The number of aromatic nitrogens is 4. The molecule has 0 saturated heterocycles. The average molecular weight is 504 g/mol. The lowest BCUT2D eigenvalue weighted by atomic mass is 10.1. The van der Waals surface area contributed by atoms with Gasteiger partial charge in [-0.15, -0.1) is 0 Å². The van der Waals surface area contributed by atoms with E-state index in [0.717, 1.165) is 11.1 Å². The second kappa shape index (κ2) is 12.3. The van der Waals surface area contributed by atoms with Gasteiger partial charge in [0.25, 0.3) is 5.69 Å². The molecule has 12 nitrogen and oxygen atoms in total. The number of nitrogens with two attached hydrogens (primary N) is 2. The van der Waals surface area contributed by atoms with Crippen LogP contribution >= 0.6 is 0 Å². The molecule has 4 aromatic rings. The van der Waals surface area contributed by atoms with Crippen LogP contribution in [-0.2, 0) is 16.1 Å².